The van der Waals surface area contributed by atoms with E-state index in [0.29, 0.717) is 32.5 Å². The summed E-state index contributed by atoms with van der Waals surface area (Å²) in [4.78, 5) is 12.0. The van der Waals surface area contributed by atoms with E-state index in [2.05, 4.69) is 17.6 Å². The van der Waals surface area contributed by atoms with Crippen molar-refractivity contribution in [1.82, 2.24) is 10.6 Å². The number of nitriles is 1. The van der Waals surface area contributed by atoms with Crippen LogP contribution in [0.25, 0.3) is 0 Å². The van der Waals surface area contributed by atoms with E-state index in [1.54, 1.807) is 12.1 Å². The predicted octanol–water partition coefficient (Wildman–Crippen LogP) is 1.20. The number of nitrogens with one attached hydrogen (secondary N) is 2. The van der Waals surface area contributed by atoms with Crippen molar-refractivity contribution in [3.8, 4) is 6.07 Å². The van der Waals surface area contributed by atoms with Crippen molar-refractivity contribution in [3.63, 3.8) is 0 Å². The van der Waals surface area contributed by atoms with E-state index in [0.717, 1.165) is 25.0 Å². The zero-order valence-electron chi connectivity index (χ0n) is 16.1. The molecule has 0 bridgehead atoms. The largest absolute Gasteiger partial charge is 0.389 e. The first kappa shape index (κ1) is 23.6. The van der Waals surface area contributed by atoms with Crippen LogP contribution in [0.15, 0.2) is 40.9 Å². The van der Waals surface area contributed by atoms with Crippen molar-refractivity contribution < 1.29 is 17.9 Å². The fraction of sp³-hybridized carbons (Fsp3) is 0.474. The Hall–Kier alpha value is -2.41. The number of carbonyl (C=O) groups is 1. The van der Waals surface area contributed by atoms with E-state index in [-0.39, 0.29) is 10.5 Å². The van der Waals surface area contributed by atoms with Gasteiger partial charge in [0, 0.05) is 32.5 Å². The smallest absolute Gasteiger partial charge is 0.263 e. The highest BCUT2D eigenvalue weighted by Gasteiger charge is 2.08. The molecule has 0 aliphatic carbocycles. The van der Waals surface area contributed by atoms with Gasteiger partial charge in [0.15, 0.2) is 0 Å². The first-order valence-electron chi connectivity index (χ1n) is 9.19. The lowest BCUT2D eigenvalue weighted by Crippen LogP contribution is -2.27. The van der Waals surface area contributed by atoms with Crippen LogP contribution in [0.2, 0.25) is 0 Å². The fourth-order valence-corrected chi connectivity index (χ4v) is 2.72. The average Bonchev–Trinajstić information content (AvgIpc) is 2.67. The Kier molecular flexibility index (Phi) is 10.9. The Labute approximate surface area is 166 Å². The Morgan fingerprint density at radius 2 is 1.89 bits per heavy atom. The molecule has 4 N–H and O–H groups in total. The Bertz CT molecular complexity index is 783. The number of primary sulfonamides is 1. The molecule has 28 heavy (non-hydrogen) atoms. The second-order valence-corrected chi connectivity index (χ2v) is 7.70. The summed E-state index contributed by atoms with van der Waals surface area (Å²) in [6.45, 7) is 4.33. The number of carbonyl (C=O) groups excluding carboxylic acids is 1. The van der Waals surface area contributed by atoms with Gasteiger partial charge < -0.3 is 15.4 Å². The van der Waals surface area contributed by atoms with Crippen LogP contribution in [0.5, 0.6) is 0 Å². The summed E-state index contributed by atoms with van der Waals surface area (Å²) >= 11 is 0. The molecule has 8 nitrogen and oxygen atoms in total. The molecule has 0 spiro atoms. The Morgan fingerprint density at radius 3 is 2.50 bits per heavy atom. The van der Waals surface area contributed by atoms with Gasteiger partial charge in [-0.1, -0.05) is 25.5 Å². The van der Waals surface area contributed by atoms with E-state index in [1.165, 1.54) is 18.3 Å². The first-order chi connectivity index (χ1) is 13.4. The number of hydrogen-bond donors (Lipinski definition) is 3. The maximum absolute atomic E-state index is 12.0. The fourth-order valence-electron chi connectivity index (χ4n) is 2.20. The molecule has 0 saturated heterocycles. The van der Waals surface area contributed by atoms with Gasteiger partial charge in [0.1, 0.15) is 11.6 Å². The molecule has 1 aromatic rings. The van der Waals surface area contributed by atoms with Crippen LogP contribution in [0.1, 0.15) is 31.7 Å². The molecule has 9 heteroatoms. The van der Waals surface area contributed by atoms with Crippen LogP contribution in [0.3, 0.4) is 0 Å². The zero-order chi connectivity index (χ0) is 20.8. The molecule has 0 aliphatic rings. The number of hydrogen-bond acceptors (Lipinski definition) is 6. The topological polar surface area (TPSA) is 134 Å². The maximum atomic E-state index is 12.0. The van der Waals surface area contributed by atoms with Crippen molar-refractivity contribution in [2.75, 3.05) is 26.3 Å². The van der Waals surface area contributed by atoms with Crippen LogP contribution in [0.4, 0.5) is 0 Å². The highest BCUT2D eigenvalue weighted by atomic mass is 32.2. The van der Waals surface area contributed by atoms with E-state index in [1.807, 2.05) is 6.07 Å². The van der Waals surface area contributed by atoms with Gasteiger partial charge in [-0.25, -0.2) is 13.6 Å². The van der Waals surface area contributed by atoms with Crippen molar-refractivity contribution in [3.05, 3.63) is 41.6 Å². The molecule has 154 valence electrons. The standard InChI is InChI=1S/C19H28N4O4S/c1-2-3-12-27-13-4-10-23-19(24)17(14-20)15-22-11-9-16-5-7-18(8-6-16)28(21,25)26/h5-8,15,22H,2-4,9-13H2,1H3,(H,23,24)(H2,21,25,26)/b17-15-. The van der Waals surface area contributed by atoms with Crippen molar-refractivity contribution in [2.24, 2.45) is 5.14 Å². The van der Waals surface area contributed by atoms with Gasteiger partial charge in [-0.15, -0.1) is 0 Å². The molecule has 0 radical (unpaired) electrons. The third-order valence-electron chi connectivity index (χ3n) is 3.81. The lowest BCUT2D eigenvalue weighted by molar-refractivity contribution is -0.117. The van der Waals surface area contributed by atoms with E-state index < -0.39 is 15.9 Å². The van der Waals surface area contributed by atoms with Crippen molar-refractivity contribution in [2.45, 2.75) is 37.5 Å². The highest BCUT2D eigenvalue weighted by molar-refractivity contribution is 7.89. The molecule has 0 fully saturated rings. The lowest BCUT2D eigenvalue weighted by Gasteiger charge is -2.06. The molecule has 0 heterocycles. The van der Waals surface area contributed by atoms with Gasteiger partial charge in [0.25, 0.3) is 5.91 Å². The van der Waals surface area contributed by atoms with Crippen LogP contribution in [-0.2, 0) is 26.0 Å². The van der Waals surface area contributed by atoms with Gasteiger partial charge >= 0.3 is 0 Å². The van der Waals surface area contributed by atoms with Crippen LogP contribution in [0, 0.1) is 11.3 Å². The monoisotopic (exact) mass is 408 g/mol. The van der Waals surface area contributed by atoms with E-state index >= 15 is 0 Å². The lowest BCUT2D eigenvalue weighted by atomic mass is 10.1. The summed E-state index contributed by atoms with van der Waals surface area (Å²) in [5.74, 6) is -0.430. The van der Waals surface area contributed by atoms with Crippen LogP contribution < -0.4 is 15.8 Å². The minimum atomic E-state index is -3.70. The summed E-state index contributed by atoms with van der Waals surface area (Å²) in [5.41, 5.74) is 0.899. The van der Waals surface area contributed by atoms with Gasteiger partial charge in [-0.3, -0.25) is 4.79 Å². The maximum Gasteiger partial charge on any atom is 0.263 e. The van der Waals surface area contributed by atoms with E-state index in [4.69, 9.17) is 15.1 Å². The third-order valence-corrected chi connectivity index (χ3v) is 4.74. The minimum absolute atomic E-state index is 0.00326. The second kappa shape index (κ2) is 12.9. The second-order valence-electron chi connectivity index (χ2n) is 6.14. The highest BCUT2D eigenvalue weighted by Crippen LogP contribution is 2.08. The number of ether oxygens (including phenoxy) is 1. The summed E-state index contributed by atoms with van der Waals surface area (Å²) in [7, 11) is -3.70. The molecule has 0 aliphatic heterocycles. The molecule has 0 aromatic heterocycles. The number of amides is 1. The third kappa shape index (κ3) is 9.50. The normalized spacial score (nSPS) is 11.7. The van der Waals surface area contributed by atoms with Crippen molar-refractivity contribution >= 4 is 15.9 Å². The zero-order valence-corrected chi connectivity index (χ0v) is 16.9. The Morgan fingerprint density at radius 1 is 1.21 bits per heavy atom. The molecule has 1 amide bonds. The van der Waals surface area contributed by atoms with Gasteiger partial charge in [0.05, 0.1) is 4.90 Å². The molecule has 0 saturated carbocycles. The number of nitrogens with zero attached hydrogens (tertiary/aromatic N) is 1. The quantitative estimate of drug-likeness (QED) is 0.255. The molecule has 0 atom stereocenters. The first-order valence-corrected chi connectivity index (χ1v) is 10.7. The molecular formula is C19H28N4O4S. The summed E-state index contributed by atoms with van der Waals surface area (Å²) in [6.07, 6.45) is 4.77. The Balaban J connectivity index is 2.32. The molecule has 0 unspecified atom stereocenters. The number of unbranched alkanes of at least 4 members (excludes halogenated alkanes) is 1. The molecule has 1 rings (SSSR count). The number of nitrogens with two attached hydrogens (primary N) is 1. The summed E-state index contributed by atoms with van der Waals surface area (Å²) < 4.78 is 27.8. The van der Waals surface area contributed by atoms with Crippen LogP contribution >= 0.6 is 0 Å². The van der Waals surface area contributed by atoms with Gasteiger partial charge in [0.2, 0.25) is 10.0 Å². The number of rotatable bonds is 13. The molecule has 1 aromatic carbocycles. The summed E-state index contributed by atoms with van der Waals surface area (Å²) in [5, 5.41) is 19.8. The van der Waals surface area contributed by atoms with E-state index in [9.17, 15) is 13.2 Å². The van der Waals surface area contributed by atoms with Gasteiger partial charge in [-0.05, 0) is 37.0 Å². The molecular weight excluding hydrogens is 380 g/mol. The van der Waals surface area contributed by atoms with Crippen LogP contribution in [-0.4, -0.2) is 40.6 Å². The van der Waals surface area contributed by atoms with Gasteiger partial charge in [-0.2, -0.15) is 5.26 Å². The summed E-state index contributed by atoms with van der Waals surface area (Å²) in [6, 6.07) is 8.10. The SMILES string of the molecule is CCCCOCCCNC(=O)/C(C#N)=C\NCCc1ccc(S(N)(=O)=O)cc1. The average molecular weight is 409 g/mol. The number of sulfonamides is 1. The predicted molar refractivity (Wildman–Crippen MR) is 107 cm³/mol. The minimum Gasteiger partial charge on any atom is -0.389 e. The number of benzene rings is 1. The van der Waals surface area contributed by atoms with Crippen molar-refractivity contribution in [1.29, 1.82) is 5.26 Å².